The second-order valence-corrected chi connectivity index (χ2v) is 5.65. The molecule has 0 aliphatic carbocycles. The number of carbonyl (C=O) groups excluding carboxylic acids is 1. The Morgan fingerprint density at radius 3 is 2.75 bits per heavy atom. The lowest BCUT2D eigenvalue weighted by molar-refractivity contribution is 0.0781. The lowest BCUT2D eigenvalue weighted by atomic mass is 10.1. The number of hydrogen-bond donors (Lipinski definition) is 1. The molecule has 0 spiro atoms. The molecule has 0 saturated carbocycles. The fraction of sp³-hybridized carbons (Fsp3) is 0.167. The molecule has 1 amide bonds. The van der Waals surface area contributed by atoms with E-state index >= 15 is 0 Å². The molecule has 0 saturated heterocycles. The number of aromatic amines is 1. The molecular weight excluding hydrogens is 309 g/mol. The Kier molecular flexibility index (Phi) is 4.12. The Balaban J connectivity index is 1.86. The van der Waals surface area contributed by atoms with E-state index in [-0.39, 0.29) is 23.6 Å². The van der Waals surface area contributed by atoms with Gasteiger partial charge in [-0.2, -0.15) is 0 Å². The van der Waals surface area contributed by atoms with E-state index in [0.29, 0.717) is 22.3 Å². The lowest BCUT2D eigenvalue weighted by Gasteiger charge is -2.17. The van der Waals surface area contributed by atoms with Gasteiger partial charge in [0.05, 0.1) is 17.4 Å². The highest BCUT2D eigenvalue weighted by Gasteiger charge is 2.15. The molecule has 0 radical (unpaired) electrons. The molecule has 1 heterocycles. The minimum absolute atomic E-state index is 0.119. The highest BCUT2D eigenvalue weighted by atomic mass is 19.1. The summed E-state index contributed by atoms with van der Waals surface area (Å²) >= 11 is 0. The summed E-state index contributed by atoms with van der Waals surface area (Å²) in [6, 6.07) is 11.3. The first-order valence-corrected chi connectivity index (χ1v) is 7.45. The summed E-state index contributed by atoms with van der Waals surface area (Å²) < 4.78 is 13.6. The molecule has 122 valence electrons. The third-order valence-corrected chi connectivity index (χ3v) is 3.81. The molecule has 0 bridgehead atoms. The number of halogens is 1. The van der Waals surface area contributed by atoms with Crippen LogP contribution < -0.4 is 5.56 Å². The summed E-state index contributed by atoms with van der Waals surface area (Å²) in [5, 5.41) is 0.496. The third-order valence-electron chi connectivity index (χ3n) is 3.81. The quantitative estimate of drug-likeness (QED) is 0.805. The number of amides is 1. The summed E-state index contributed by atoms with van der Waals surface area (Å²) in [4.78, 5) is 32.9. The van der Waals surface area contributed by atoms with Crippen LogP contribution in [0.1, 0.15) is 21.7 Å². The van der Waals surface area contributed by atoms with Crippen molar-refractivity contribution in [2.75, 3.05) is 7.05 Å². The number of nitrogens with one attached hydrogen (secondary N) is 1. The smallest absolute Gasteiger partial charge is 0.258 e. The summed E-state index contributed by atoms with van der Waals surface area (Å²) in [7, 11) is 1.58. The normalized spacial score (nSPS) is 10.8. The molecule has 0 aliphatic rings. The number of fused-ring (bicyclic) bond motifs is 1. The van der Waals surface area contributed by atoms with Gasteiger partial charge in [-0.05, 0) is 36.8 Å². The van der Waals surface area contributed by atoms with E-state index < -0.39 is 5.82 Å². The summed E-state index contributed by atoms with van der Waals surface area (Å²) in [6.45, 7) is 1.76. The van der Waals surface area contributed by atoms with E-state index in [1.807, 2.05) is 0 Å². The Morgan fingerprint density at radius 1 is 1.25 bits per heavy atom. The van der Waals surface area contributed by atoms with Crippen LogP contribution in [0.5, 0.6) is 0 Å². The van der Waals surface area contributed by atoms with Crippen molar-refractivity contribution in [3.8, 4) is 0 Å². The van der Waals surface area contributed by atoms with E-state index in [9.17, 15) is 14.0 Å². The van der Waals surface area contributed by atoms with Gasteiger partial charge in [-0.25, -0.2) is 9.37 Å². The van der Waals surface area contributed by atoms with Crippen LogP contribution in [0.4, 0.5) is 4.39 Å². The second-order valence-electron chi connectivity index (χ2n) is 5.65. The minimum Gasteiger partial charge on any atom is -0.334 e. The van der Waals surface area contributed by atoms with Crippen molar-refractivity contribution < 1.29 is 9.18 Å². The van der Waals surface area contributed by atoms with E-state index in [4.69, 9.17) is 0 Å². The predicted octanol–water partition coefficient (Wildman–Crippen LogP) is 2.64. The summed E-state index contributed by atoms with van der Waals surface area (Å²) in [5.74, 6) is -0.390. The molecule has 3 aromatic rings. The van der Waals surface area contributed by atoms with Crippen LogP contribution in [-0.4, -0.2) is 27.8 Å². The van der Waals surface area contributed by atoms with E-state index in [1.165, 1.54) is 11.0 Å². The van der Waals surface area contributed by atoms with Gasteiger partial charge in [0, 0.05) is 12.6 Å². The summed E-state index contributed by atoms with van der Waals surface area (Å²) in [5.41, 5.74) is 1.05. The van der Waals surface area contributed by atoms with Gasteiger partial charge in [-0.15, -0.1) is 0 Å². The van der Waals surface area contributed by atoms with Gasteiger partial charge in [0.25, 0.3) is 11.5 Å². The first kappa shape index (κ1) is 15.9. The monoisotopic (exact) mass is 325 g/mol. The maximum absolute atomic E-state index is 13.6. The zero-order valence-electron chi connectivity index (χ0n) is 13.3. The SMILES string of the molecule is Cc1ccc(C(=O)N(C)Cc2nc3ccccc3c(=O)[nH]2)cc1F. The van der Waals surface area contributed by atoms with E-state index in [2.05, 4.69) is 9.97 Å². The molecule has 0 atom stereocenters. The highest BCUT2D eigenvalue weighted by molar-refractivity contribution is 5.94. The lowest BCUT2D eigenvalue weighted by Crippen LogP contribution is -2.28. The molecule has 0 unspecified atom stereocenters. The zero-order valence-corrected chi connectivity index (χ0v) is 13.3. The highest BCUT2D eigenvalue weighted by Crippen LogP contribution is 2.12. The molecule has 1 N–H and O–H groups in total. The molecule has 3 rings (SSSR count). The number of aromatic nitrogens is 2. The molecule has 5 nitrogen and oxygen atoms in total. The van der Waals surface area contributed by atoms with Crippen molar-refractivity contribution in [1.82, 2.24) is 14.9 Å². The number of H-pyrrole nitrogens is 1. The van der Waals surface area contributed by atoms with Gasteiger partial charge >= 0.3 is 0 Å². The van der Waals surface area contributed by atoms with Crippen molar-refractivity contribution in [3.63, 3.8) is 0 Å². The van der Waals surface area contributed by atoms with Crippen molar-refractivity contribution in [2.24, 2.45) is 0 Å². The molecule has 0 aliphatic heterocycles. The molecular formula is C18H16FN3O2. The number of benzene rings is 2. The van der Waals surface area contributed by atoms with Crippen molar-refractivity contribution in [3.05, 3.63) is 75.6 Å². The van der Waals surface area contributed by atoms with Gasteiger partial charge in [-0.3, -0.25) is 9.59 Å². The van der Waals surface area contributed by atoms with Gasteiger partial charge in [0.15, 0.2) is 0 Å². The fourth-order valence-corrected chi connectivity index (χ4v) is 2.45. The van der Waals surface area contributed by atoms with Gasteiger partial charge in [0.1, 0.15) is 11.6 Å². The maximum Gasteiger partial charge on any atom is 0.258 e. The molecule has 6 heteroatoms. The Hall–Kier alpha value is -3.02. The van der Waals surface area contributed by atoms with Crippen LogP contribution in [0.15, 0.2) is 47.3 Å². The van der Waals surface area contributed by atoms with E-state index in [0.717, 1.165) is 0 Å². The van der Waals surface area contributed by atoms with Crippen LogP contribution >= 0.6 is 0 Å². The summed E-state index contributed by atoms with van der Waals surface area (Å²) in [6.07, 6.45) is 0. The Morgan fingerprint density at radius 2 is 2.00 bits per heavy atom. The second kappa shape index (κ2) is 6.23. The van der Waals surface area contributed by atoms with Gasteiger partial charge in [0.2, 0.25) is 0 Å². The predicted molar refractivity (Wildman–Crippen MR) is 89.3 cm³/mol. The molecule has 0 fully saturated rings. The largest absolute Gasteiger partial charge is 0.334 e. The van der Waals surface area contributed by atoms with E-state index in [1.54, 1.807) is 50.4 Å². The van der Waals surface area contributed by atoms with Gasteiger partial charge < -0.3 is 9.88 Å². The number of nitrogens with zero attached hydrogens (tertiary/aromatic N) is 2. The molecule has 1 aromatic heterocycles. The zero-order chi connectivity index (χ0) is 17.3. The first-order chi connectivity index (χ1) is 11.5. The standard InChI is InChI=1S/C18H16FN3O2/c1-11-7-8-12(9-14(11)19)18(24)22(2)10-16-20-15-6-4-3-5-13(15)17(23)21-16/h3-9H,10H2,1-2H3,(H,20,21,23). The Bertz CT molecular complexity index is 981. The molecule has 24 heavy (non-hydrogen) atoms. The average Bonchev–Trinajstić information content (AvgIpc) is 2.56. The fourth-order valence-electron chi connectivity index (χ4n) is 2.45. The van der Waals surface area contributed by atoms with Crippen LogP contribution in [0.3, 0.4) is 0 Å². The minimum atomic E-state index is -0.425. The number of carbonyl (C=O) groups is 1. The number of rotatable bonds is 3. The van der Waals surface area contributed by atoms with Crippen LogP contribution in [0.25, 0.3) is 10.9 Å². The third kappa shape index (κ3) is 3.03. The number of para-hydroxylation sites is 1. The van der Waals surface area contributed by atoms with Gasteiger partial charge in [-0.1, -0.05) is 18.2 Å². The van der Waals surface area contributed by atoms with Crippen LogP contribution in [-0.2, 0) is 6.54 Å². The molecule has 2 aromatic carbocycles. The van der Waals surface area contributed by atoms with Crippen molar-refractivity contribution >= 4 is 16.8 Å². The Labute approximate surface area is 137 Å². The topological polar surface area (TPSA) is 66.1 Å². The van der Waals surface area contributed by atoms with Crippen LogP contribution in [0, 0.1) is 12.7 Å². The average molecular weight is 325 g/mol. The number of hydrogen-bond acceptors (Lipinski definition) is 3. The van der Waals surface area contributed by atoms with Crippen LogP contribution in [0.2, 0.25) is 0 Å². The first-order valence-electron chi connectivity index (χ1n) is 7.45. The maximum atomic E-state index is 13.6. The van der Waals surface area contributed by atoms with Crippen molar-refractivity contribution in [2.45, 2.75) is 13.5 Å². The van der Waals surface area contributed by atoms with Crippen molar-refractivity contribution in [1.29, 1.82) is 0 Å². The number of aryl methyl sites for hydroxylation is 1.